The minimum absolute atomic E-state index is 0.0167. The Balaban J connectivity index is 2.11. The van der Waals surface area contributed by atoms with Gasteiger partial charge in [-0.3, -0.25) is 19.7 Å². The molecule has 1 atom stereocenters. The average molecular weight is 472 g/mol. The van der Waals surface area contributed by atoms with Crippen LogP contribution in [0.15, 0.2) is 48.0 Å². The third-order valence-electron chi connectivity index (χ3n) is 5.20. The van der Waals surface area contributed by atoms with Crippen LogP contribution in [0.25, 0.3) is 5.76 Å². The number of hydrogen-bond donors (Lipinski definition) is 3. The number of hydrogen-bond acceptors (Lipinski definition) is 9. The molecule has 2 aromatic carbocycles. The van der Waals surface area contributed by atoms with Gasteiger partial charge in [0.2, 0.25) is 0 Å². The van der Waals surface area contributed by atoms with E-state index in [-0.39, 0.29) is 61.3 Å². The normalized spacial score (nSPS) is 17.2. The molecular weight excluding hydrogens is 448 g/mol. The molecule has 0 aromatic heterocycles. The number of phenolic OH excluding ortho intramolecular Hbond substituents is 1. The number of rotatable bonds is 10. The molecule has 1 amide bonds. The van der Waals surface area contributed by atoms with E-state index in [2.05, 4.69) is 0 Å². The van der Waals surface area contributed by atoms with Gasteiger partial charge in [-0.25, -0.2) is 0 Å². The van der Waals surface area contributed by atoms with E-state index in [9.17, 15) is 29.9 Å². The second-order valence-corrected chi connectivity index (χ2v) is 7.29. The molecule has 0 saturated carbocycles. The van der Waals surface area contributed by atoms with Crippen molar-refractivity contribution >= 4 is 23.1 Å². The van der Waals surface area contributed by atoms with Crippen LogP contribution in [-0.2, 0) is 14.3 Å². The highest BCUT2D eigenvalue weighted by atomic mass is 16.6. The molecule has 2 aromatic rings. The van der Waals surface area contributed by atoms with Crippen molar-refractivity contribution in [1.82, 2.24) is 4.90 Å². The Labute approximate surface area is 194 Å². The first-order valence-corrected chi connectivity index (χ1v) is 10.5. The zero-order valence-corrected chi connectivity index (χ0v) is 18.3. The molecule has 1 fully saturated rings. The van der Waals surface area contributed by atoms with Crippen LogP contribution < -0.4 is 4.74 Å². The van der Waals surface area contributed by atoms with Crippen LogP contribution in [0.2, 0.25) is 0 Å². The lowest BCUT2D eigenvalue weighted by Crippen LogP contribution is -2.33. The highest BCUT2D eigenvalue weighted by molar-refractivity contribution is 6.46. The number of benzene rings is 2. The molecule has 1 heterocycles. The molecule has 0 aliphatic carbocycles. The van der Waals surface area contributed by atoms with E-state index in [0.29, 0.717) is 5.56 Å². The molecule has 1 unspecified atom stereocenters. The van der Waals surface area contributed by atoms with Crippen molar-refractivity contribution in [3.63, 3.8) is 0 Å². The monoisotopic (exact) mass is 472 g/mol. The van der Waals surface area contributed by atoms with Crippen LogP contribution in [0.3, 0.4) is 0 Å². The van der Waals surface area contributed by atoms with E-state index in [1.807, 2.05) is 0 Å². The third kappa shape index (κ3) is 5.00. The molecule has 11 heteroatoms. The summed E-state index contributed by atoms with van der Waals surface area (Å²) >= 11 is 0. The number of nitrogens with zero attached hydrogens (tertiary/aromatic N) is 2. The van der Waals surface area contributed by atoms with Crippen LogP contribution in [0.5, 0.6) is 11.5 Å². The lowest BCUT2D eigenvalue weighted by Gasteiger charge is -2.25. The summed E-state index contributed by atoms with van der Waals surface area (Å²) in [7, 11) is 0. The van der Waals surface area contributed by atoms with Crippen LogP contribution in [0, 0.1) is 10.1 Å². The maximum absolute atomic E-state index is 13.0. The van der Waals surface area contributed by atoms with Gasteiger partial charge in [-0.05, 0) is 36.8 Å². The number of amides is 1. The Kier molecular flexibility index (Phi) is 7.82. The van der Waals surface area contributed by atoms with E-state index in [4.69, 9.17) is 14.6 Å². The van der Waals surface area contributed by atoms with Crippen molar-refractivity contribution in [1.29, 1.82) is 0 Å². The minimum atomic E-state index is -1.03. The first kappa shape index (κ1) is 24.7. The van der Waals surface area contributed by atoms with Crippen molar-refractivity contribution in [2.24, 2.45) is 0 Å². The van der Waals surface area contributed by atoms with Crippen molar-refractivity contribution in [3.05, 3.63) is 69.3 Å². The summed E-state index contributed by atoms with van der Waals surface area (Å²) in [5.74, 6) is -2.30. The molecule has 3 rings (SSSR count). The Morgan fingerprint density at radius 3 is 2.47 bits per heavy atom. The number of nitro groups is 1. The number of Topliss-reactive ketones (excluding diaryl/α,β-unsaturated/α-hetero) is 1. The molecule has 11 nitrogen and oxygen atoms in total. The second-order valence-electron chi connectivity index (χ2n) is 7.29. The highest BCUT2D eigenvalue weighted by Gasteiger charge is 2.46. The van der Waals surface area contributed by atoms with Crippen molar-refractivity contribution in [2.45, 2.75) is 13.0 Å². The zero-order valence-electron chi connectivity index (χ0n) is 18.3. The second kappa shape index (κ2) is 10.8. The van der Waals surface area contributed by atoms with Gasteiger partial charge in [-0.15, -0.1) is 0 Å². The molecular formula is C23H24N2O9. The first-order valence-electron chi connectivity index (χ1n) is 10.5. The summed E-state index contributed by atoms with van der Waals surface area (Å²) in [6, 6.07) is 8.21. The Morgan fingerprint density at radius 1 is 1.15 bits per heavy atom. The lowest BCUT2D eigenvalue weighted by atomic mass is 9.95. The minimum Gasteiger partial charge on any atom is -0.507 e. The summed E-state index contributed by atoms with van der Waals surface area (Å²) in [5, 5.41) is 40.9. The van der Waals surface area contributed by atoms with Gasteiger partial charge < -0.3 is 29.7 Å². The SMILES string of the molecule is CCOc1cc(C2/C(=C(/O)c3ccc([N+](=O)[O-])cc3)C(=O)C(=O)N2CCOCCO)ccc1O. The van der Waals surface area contributed by atoms with Gasteiger partial charge in [0, 0.05) is 24.2 Å². The first-order chi connectivity index (χ1) is 16.3. The molecule has 1 saturated heterocycles. The average Bonchev–Trinajstić information content (AvgIpc) is 3.08. The van der Waals surface area contributed by atoms with Gasteiger partial charge in [0.15, 0.2) is 11.5 Å². The molecule has 1 aliphatic rings. The quantitative estimate of drug-likeness (QED) is 0.118. The summed E-state index contributed by atoms with van der Waals surface area (Å²) < 4.78 is 10.7. The molecule has 180 valence electrons. The maximum Gasteiger partial charge on any atom is 0.295 e. The summed E-state index contributed by atoms with van der Waals surface area (Å²) in [5.41, 5.74) is 0.101. The van der Waals surface area contributed by atoms with E-state index in [1.54, 1.807) is 6.92 Å². The third-order valence-corrected chi connectivity index (χ3v) is 5.20. The standard InChI is InChI=1S/C23H24N2O9/c1-2-34-18-13-15(5-8-17(18)27)20-19(21(28)14-3-6-16(7-4-14)25(31)32)22(29)23(30)24(20)9-11-33-12-10-26/h3-8,13,20,26-28H,2,9-12H2,1H3/b21-19-. The molecule has 0 spiro atoms. The fraction of sp³-hybridized carbons (Fsp3) is 0.304. The summed E-state index contributed by atoms with van der Waals surface area (Å²) in [6.07, 6.45) is 0. The molecule has 3 N–H and O–H groups in total. The number of ketones is 1. The topological polar surface area (TPSA) is 160 Å². The van der Waals surface area contributed by atoms with Crippen LogP contribution in [0.4, 0.5) is 5.69 Å². The molecule has 34 heavy (non-hydrogen) atoms. The van der Waals surface area contributed by atoms with Crippen LogP contribution >= 0.6 is 0 Å². The fourth-order valence-corrected chi connectivity index (χ4v) is 3.66. The molecule has 0 radical (unpaired) electrons. The molecule has 1 aliphatic heterocycles. The van der Waals surface area contributed by atoms with Crippen molar-refractivity contribution < 1.29 is 39.3 Å². The van der Waals surface area contributed by atoms with Gasteiger partial charge in [-0.1, -0.05) is 6.07 Å². The Bertz CT molecular complexity index is 1110. The van der Waals surface area contributed by atoms with Gasteiger partial charge in [-0.2, -0.15) is 0 Å². The number of carbonyl (C=O) groups is 2. The molecule has 0 bridgehead atoms. The van der Waals surface area contributed by atoms with Gasteiger partial charge in [0.05, 0.1) is 43.0 Å². The number of nitro benzene ring substituents is 1. The number of likely N-dealkylation sites (tertiary alicyclic amines) is 1. The highest BCUT2D eigenvalue weighted by Crippen LogP contribution is 2.41. The van der Waals surface area contributed by atoms with Crippen molar-refractivity contribution in [2.75, 3.05) is 33.0 Å². The van der Waals surface area contributed by atoms with Crippen molar-refractivity contribution in [3.8, 4) is 11.5 Å². The number of carbonyl (C=O) groups excluding carboxylic acids is 2. The number of aliphatic hydroxyl groups is 2. The summed E-state index contributed by atoms with van der Waals surface area (Å²) in [6.45, 7) is 1.83. The Morgan fingerprint density at radius 2 is 1.85 bits per heavy atom. The van der Waals surface area contributed by atoms with Crippen LogP contribution in [-0.4, -0.2) is 69.8 Å². The van der Waals surface area contributed by atoms with E-state index in [1.165, 1.54) is 47.4 Å². The van der Waals surface area contributed by atoms with E-state index in [0.717, 1.165) is 0 Å². The summed E-state index contributed by atoms with van der Waals surface area (Å²) in [4.78, 5) is 37.4. The lowest BCUT2D eigenvalue weighted by molar-refractivity contribution is -0.384. The number of ether oxygens (including phenoxy) is 2. The largest absolute Gasteiger partial charge is 0.507 e. The smallest absolute Gasteiger partial charge is 0.295 e. The fourth-order valence-electron chi connectivity index (χ4n) is 3.66. The van der Waals surface area contributed by atoms with Gasteiger partial charge >= 0.3 is 0 Å². The number of phenols is 1. The van der Waals surface area contributed by atoms with Crippen LogP contribution in [0.1, 0.15) is 24.1 Å². The number of aromatic hydroxyl groups is 1. The van der Waals surface area contributed by atoms with Gasteiger partial charge in [0.25, 0.3) is 17.4 Å². The maximum atomic E-state index is 13.0. The zero-order chi connectivity index (χ0) is 24.8. The number of non-ortho nitro benzene ring substituents is 1. The van der Waals surface area contributed by atoms with E-state index < -0.39 is 28.4 Å². The predicted molar refractivity (Wildman–Crippen MR) is 119 cm³/mol. The predicted octanol–water partition coefficient (Wildman–Crippen LogP) is 2.13. The van der Waals surface area contributed by atoms with Gasteiger partial charge in [0.1, 0.15) is 5.76 Å². The van der Waals surface area contributed by atoms with E-state index >= 15 is 0 Å². The number of aliphatic hydroxyl groups excluding tert-OH is 2. The Hall–Kier alpha value is -3.96.